The third-order valence-electron chi connectivity index (χ3n) is 2.71. The Hall–Kier alpha value is -2.56. The van der Waals surface area contributed by atoms with Crippen LogP contribution in [0.1, 0.15) is 10.6 Å². The first-order valence-electron chi connectivity index (χ1n) is 5.52. The minimum Gasteiger partial charge on any atom is -0.451 e. The molecule has 3 aromatic rings. The molecule has 0 saturated heterocycles. The van der Waals surface area contributed by atoms with Crippen molar-refractivity contribution < 1.29 is 9.21 Å². The first kappa shape index (κ1) is 10.6. The van der Waals surface area contributed by atoms with E-state index in [2.05, 4.69) is 10.4 Å². The van der Waals surface area contributed by atoms with Crippen LogP contribution in [0.2, 0.25) is 0 Å². The molecule has 5 heteroatoms. The molecule has 18 heavy (non-hydrogen) atoms. The highest BCUT2D eigenvalue weighted by Gasteiger charge is 2.13. The number of amides is 1. The number of fused-ring (bicyclic) bond motifs is 1. The van der Waals surface area contributed by atoms with Gasteiger partial charge in [0.05, 0.1) is 6.20 Å². The van der Waals surface area contributed by atoms with Gasteiger partial charge in [-0.3, -0.25) is 9.48 Å². The fourth-order valence-corrected chi connectivity index (χ4v) is 1.77. The van der Waals surface area contributed by atoms with Gasteiger partial charge in [0.1, 0.15) is 11.4 Å². The second kappa shape index (κ2) is 4.03. The number of aromatic nitrogens is 2. The molecule has 1 N–H and O–H groups in total. The highest BCUT2D eigenvalue weighted by molar-refractivity contribution is 6.04. The fraction of sp³-hybridized carbons (Fsp3) is 0.0769. The zero-order chi connectivity index (χ0) is 12.5. The topological polar surface area (TPSA) is 60.1 Å². The van der Waals surface area contributed by atoms with Crippen molar-refractivity contribution in [2.24, 2.45) is 7.05 Å². The number of benzene rings is 1. The van der Waals surface area contributed by atoms with Gasteiger partial charge >= 0.3 is 0 Å². The number of hydrogen-bond acceptors (Lipinski definition) is 3. The zero-order valence-electron chi connectivity index (χ0n) is 9.75. The number of furan rings is 1. The summed E-state index contributed by atoms with van der Waals surface area (Å²) in [6.07, 6.45) is 1.62. The molecule has 0 unspecified atom stereocenters. The summed E-state index contributed by atoms with van der Waals surface area (Å²) >= 11 is 0. The van der Waals surface area contributed by atoms with Crippen molar-refractivity contribution in [3.8, 4) is 0 Å². The van der Waals surface area contributed by atoms with Crippen LogP contribution in [0.4, 0.5) is 5.82 Å². The predicted molar refractivity (Wildman–Crippen MR) is 67.4 cm³/mol. The molecule has 0 aliphatic heterocycles. The van der Waals surface area contributed by atoms with Crippen LogP contribution in [0.3, 0.4) is 0 Å². The van der Waals surface area contributed by atoms with Gasteiger partial charge < -0.3 is 9.73 Å². The van der Waals surface area contributed by atoms with E-state index in [4.69, 9.17) is 4.42 Å². The molecule has 2 heterocycles. The summed E-state index contributed by atoms with van der Waals surface area (Å²) in [4.78, 5) is 12.0. The van der Waals surface area contributed by atoms with E-state index in [1.165, 1.54) is 0 Å². The van der Waals surface area contributed by atoms with Crippen LogP contribution in [-0.2, 0) is 7.05 Å². The van der Waals surface area contributed by atoms with E-state index >= 15 is 0 Å². The standard InChI is InChI=1S/C13H11N3O2/c1-16-12(6-7-14-16)15-13(17)11-8-9-4-2-3-5-10(9)18-11/h2-8H,1H3,(H,15,17). The third kappa shape index (κ3) is 1.75. The first-order valence-corrected chi connectivity index (χ1v) is 5.52. The lowest BCUT2D eigenvalue weighted by molar-refractivity contribution is 0.0998. The molecule has 0 aliphatic carbocycles. The monoisotopic (exact) mass is 241 g/mol. The summed E-state index contributed by atoms with van der Waals surface area (Å²) in [6, 6.07) is 11.0. The minimum absolute atomic E-state index is 0.283. The molecule has 90 valence electrons. The van der Waals surface area contributed by atoms with Crippen LogP contribution in [-0.4, -0.2) is 15.7 Å². The Morgan fingerprint density at radius 3 is 2.89 bits per heavy atom. The van der Waals surface area contributed by atoms with Gasteiger partial charge in [-0.05, 0) is 12.1 Å². The molecule has 1 aromatic carbocycles. The summed E-state index contributed by atoms with van der Waals surface area (Å²) in [5, 5.41) is 7.62. The lowest BCUT2D eigenvalue weighted by Gasteiger charge is -2.02. The van der Waals surface area contributed by atoms with Crippen LogP contribution in [0, 0.1) is 0 Å². The van der Waals surface area contributed by atoms with E-state index in [1.54, 1.807) is 30.1 Å². The van der Waals surface area contributed by atoms with Crippen molar-refractivity contribution in [2.45, 2.75) is 0 Å². The van der Waals surface area contributed by atoms with E-state index in [9.17, 15) is 4.79 Å². The van der Waals surface area contributed by atoms with Crippen molar-refractivity contribution in [2.75, 3.05) is 5.32 Å². The molecule has 1 amide bonds. The maximum Gasteiger partial charge on any atom is 0.292 e. The van der Waals surface area contributed by atoms with E-state index in [-0.39, 0.29) is 11.7 Å². The number of para-hydroxylation sites is 1. The number of carbonyl (C=O) groups excluding carboxylic acids is 1. The van der Waals surface area contributed by atoms with Gasteiger partial charge in [-0.25, -0.2) is 0 Å². The number of nitrogens with one attached hydrogen (secondary N) is 1. The van der Waals surface area contributed by atoms with Gasteiger partial charge in [0.25, 0.3) is 5.91 Å². The summed E-state index contributed by atoms with van der Waals surface area (Å²) in [5.74, 6) is 0.632. The fourth-order valence-electron chi connectivity index (χ4n) is 1.77. The van der Waals surface area contributed by atoms with Gasteiger partial charge in [-0.1, -0.05) is 18.2 Å². The van der Waals surface area contributed by atoms with Gasteiger partial charge in [-0.15, -0.1) is 0 Å². The lowest BCUT2D eigenvalue weighted by Crippen LogP contribution is -2.13. The average molecular weight is 241 g/mol. The minimum atomic E-state index is -0.283. The lowest BCUT2D eigenvalue weighted by atomic mass is 10.2. The molecule has 0 fully saturated rings. The Kier molecular flexibility index (Phi) is 2.37. The average Bonchev–Trinajstić information content (AvgIpc) is 2.96. The van der Waals surface area contributed by atoms with E-state index in [0.29, 0.717) is 11.4 Å². The Bertz CT molecular complexity index is 679. The van der Waals surface area contributed by atoms with Crippen LogP contribution < -0.4 is 5.32 Å². The predicted octanol–water partition coefficient (Wildman–Crippen LogP) is 2.42. The molecule has 5 nitrogen and oxygen atoms in total. The molecule has 0 radical (unpaired) electrons. The van der Waals surface area contributed by atoms with Gasteiger partial charge in [0.15, 0.2) is 5.76 Å². The highest BCUT2D eigenvalue weighted by atomic mass is 16.3. The van der Waals surface area contributed by atoms with E-state index in [1.807, 2.05) is 24.3 Å². The first-order chi connectivity index (χ1) is 8.74. The van der Waals surface area contributed by atoms with Gasteiger partial charge in [0, 0.05) is 18.5 Å². The molecule has 0 saturated carbocycles. The molecular weight excluding hydrogens is 230 g/mol. The van der Waals surface area contributed by atoms with Crippen LogP contribution in [0.25, 0.3) is 11.0 Å². The maximum atomic E-state index is 12.0. The molecular formula is C13H11N3O2. The van der Waals surface area contributed by atoms with E-state index < -0.39 is 0 Å². The Balaban J connectivity index is 1.90. The summed E-state index contributed by atoms with van der Waals surface area (Å²) in [6.45, 7) is 0. The van der Waals surface area contributed by atoms with Crippen molar-refractivity contribution in [1.82, 2.24) is 9.78 Å². The van der Waals surface area contributed by atoms with Gasteiger partial charge in [-0.2, -0.15) is 5.10 Å². The Morgan fingerprint density at radius 1 is 1.33 bits per heavy atom. The zero-order valence-corrected chi connectivity index (χ0v) is 9.75. The van der Waals surface area contributed by atoms with Crippen molar-refractivity contribution in [3.05, 3.63) is 48.4 Å². The molecule has 3 rings (SSSR count). The number of anilines is 1. The number of nitrogens with zero attached hydrogens (tertiary/aromatic N) is 2. The smallest absolute Gasteiger partial charge is 0.292 e. The molecule has 0 aliphatic rings. The van der Waals surface area contributed by atoms with Crippen LogP contribution >= 0.6 is 0 Å². The van der Waals surface area contributed by atoms with Crippen molar-refractivity contribution >= 4 is 22.7 Å². The van der Waals surface area contributed by atoms with Gasteiger partial charge in [0.2, 0.25) is 0 Å². The number of hydrogen-bond donors (Lipinski definition) is 1. The van der Waals surface area contributed by atoms with Crippen molar-refractivity contribution in [3.63, 3.8) is 0 Å². The van der Waals surface area contributed by atoms with Crippen LogP contribution in [0.5, 0.6) is 0 Å². The third-order valence-corrected chi connectivity index (χ3v) is 2.71. The normalized spacial score (nSPS) is 10.7. The second-order valence-electron chi connectivity index (χ2n) is 3.94. The van der Waals surface area contributed by atoms with E-state index in [0.717, 1.165) is 5.39 Å². The molecule has 0 spiro atoms. The summed E-state index contributed by atoms with van der Waals surface area (Å²) < 4.78 is 7.06. The SMILES string of the molecule is Cn1nccc1NC(=O)c1cc2ccccc2o1. The summed E-state index contributed by atoms with van der Waals surface area (Å²) in [7, 11) is 1.76. The van der Waals surface area contributed by atoms with Crippen LogP contribution in [0.15, 0.2) is 47.0 Å². The number of rotatable bonds is 2. The molecule has 2 aromatic heterocycles. The Labute approximate surface area is 103 Å². The van der Waals surface area contributed by atoms with Crippen molar-refractivity contribution in [1.29, 1.82) is 0 Å². The molecule has 0 atom stereocenters. The highest BCUT2D eigenvalue weighted by Crippen LogP contribution is 2.19. The number of aryl methyl sites for hydroxylation is 1. The Morgan fingerprint density at radius 2 is 2.17 bits per heavy atom. The summed E-state index contributed by atoms with van der Waals surface area (Å²) in [5.41, 5.74) is 0.702. The quantitative estimate of drug-likeness (QED) is 0.749. The number of carbonyl (C=O) groups is 1. The largest absolute Gasteiger partial charge is 0.451 e. The maximum absolute atomic E-state index is 12.0. The second-order valence-corrected chi connectivity index (χ2v) is 3.94. The molecule has 0 bridgehead atoms.